The third-order valence-corrected chi connectivity index (χ3v) is 3.76. The van der Waals surface area contributed by atoms with Crippen LogP contribution in [-0.4, -0.2) is 5.91 Å². The fourth-order valence-electron chi connectivity index (χ4n) is 1.74. The van der Waals surface area contributed by atoms with Crippen molar-refractivity contribution in [2.75, 3.05) is 5.32 Å². The van der Waals surface area contributed by atoms with E-state index in [0.29, 0.717) is 0 Å². The highest BCUT2D eigenvalue weighted by Crippen LogP contribution is 2.34. The lowest BCUT2D eigenvalue weighted by Gasteiger charge is -2.10. The molecule has 0 aliphatic heterocycles. The highest BCUT2D eigenvalue weighted by molar-refractivity contribution is 7.99. The summed E-state index contributed by atoms with van der Waals surface area (Å²) in [6.45, 7) is 5.65. The Morgan fingerprint density at radius 2 is 1.63 bits per heavy atom. The molecule has 3 heteroatoms. The maximum absolute atomic E-state index is 11.2. The number of aryl methyl sites for hydroxylation is 2. The Kier molecular flexibility index (Phi) is 4.27. The van der Waals surface area contributed by atoms with Gasteiger partial charge in [0.15, 0.2) is 0 Å². The van der Waals surface area contributed by atoms with E-state index in [2.05, 4.69) is 49.5 Å². The Labute approximate surface area is 118 Å². The minimum absolute atomic E-state index is 0.0467. The van der Waals surface area contributed by atoms with E-state index < -0.39 is 0 Å². The topological polar surface area (TPSA) is 29.1 Å². The maximum atomic E-state index is 11.2. The summed E-state index contributed by atoms with van der Waals surface area (Å²) in [4.78, 5) is 13.5. The van der Waals surface area contributed by atoms with E-state index in [0.717, 1.165) is 10.6 Å². The van der Waals surface area contributed by atoms with Gasteiger partial charge in [-0.1, -0.05) is 35.5 Å². The second kappa shape index (κ2) is 5.93. The lowest BCUT2D eigenvalue weighted by atomic mass is 10.2. The quantitative estimate of drug-likeness (QED) is 0.895. The average Bonchev–Trinajstić information content (AvgIpc) is 2.35. The molecule has 0 aliphatic carbocycles. The fourth-order valence-corrected chi connectivity index (χ4v) is 2.74. The highest BCUT2D eigenvalue weighted by atomic mass is 32.2. The number of hydrogen-bond acceptors (Lipinski definition) is 2. The van der Waals surface area contributed by atoms with Crippen LogP contribution in [0.3, 0.4) is 0 Å². The molecule has 98 valence electrons. The zero-order valence-corrected chi connectivity index (χ0v) is 12.2. The number of carbonyl (C=O) groups is 1. The van der Waals surface area contributed by atoms with E-state index in [9.17, 15) is 4.79 Å². The molecule has 0 radical (unpaired) electrons. The number of carbonyl (C=O) groups excluding carboxylic acids is 1. The normalized spacial score (nSPS) is 10.3. The van der Waals surface area contributed by atoms with Crippen molar-refractivity contribution in [3.8, 4) is 0 Å². The average molecular weight is 271 g/mol. The predicted molar refractivity (Wildman–Crippen MR) is 80.8 cm³/mol. The zero-order valence-electron chi connectivity index (χ0n) is 11.4. The first-order chi connectivity index (χ1) is 9.04. The molecule has 0 aliphatic rings. The molecule has 0 bridgehead atoms. The molecule has 0 saturated carbocycles. The first-order valence-corrected chi connectivity index (χ1v) is 6.99. The molecule has 0 heterocycles. The van der Waals surface area contributed by atoms with Crippen LogP contribution in [0.5, 0.6) is 0 Å². The smallest absolute Gasteiger partial charge is 0.221 e. The molecule has 2 rings (SSSR count). The summed E-state index contributed by atoms with van der Waals surface area (Å²) >= 11 is 1.66. The van der Waals surface area contributed by atoms with Gasteiger partial charge in [-0.15, -0.1) is 0 Å². The van der Waals surface area contributed by atoms with Crippen molar-refractivity contribution < 1.29 is 4.79 Å². The lowest BCUT2D eigenvalue weighted by Crippen LogP contribution is -2.06. The number of amides is 1. The number of rotatable bonds is 3. The fraction of sp³-hybridized carbons (Fsp3) is 0.188. The molecular weight excluding hydrogens is 254 g/mol. The molecule has 0 aromatic heterocycles. The summed E-state index contributed by atoms with van der Waals surface area (Å²) < 4.78 is 0. The van der Waals surface area contributed by atoms with Crippen LogP contribution in [0.4, 0.5) is 5.69 Å². The van der Waals surface area contributed by atoms with Gasteiger partial charge >= 0.3 is 0 Å². The number of benzene rings is 2. The summed E-state index contributed by atoms with van der Waals surface area (Å²) in [5, 5.41) is 2.87. The van der Waals surface area contributed by atoms with Gasteiger partial charge in [0.25, 0.3) is 0 Å². The maximum Gasteiger partial charge on any atom is 0.221 e. The summed E-state index contributed by atoms with van der Waals surface area (Å²) in [6.07, 6.45) is 0. The minimum Gasteiger partial charge on any atom is -0.325 e. The number of nitrogens with one attached hydrogen (secondary N) is 1. The number of hydrogen-bond donors (Lipinski definition) is 1. The molecule has 0 atom stereocenters. The molecule has 1 amide bonds. The monoisotopic (exact) mass is 271 g/mol. The third-order valence-electron chi connectivity index (χ3n) is 2.70. The van der Waals surface area contributed by atoms with E-state index in [1.807, 2.05) is 12.1 Å². The van der Waals surface area contributed by atoms with Gasteiger partial charge in [0.1, 0.15) is 0 Å². The van der Waals surface area contributed by atoms with Crippen LogP contribution in [0.25, 0.3) is 0 Å². The Morgan fingerprint density at radius 3 is 2.26 bits per heavy atom. The van der Waals surface area contributed by atoms with Crippen LogP contribution in [-0.2, 0) is 4.79 Å². The summed E-state index contributed by atoms with van der Waals surface area (Å²) in [5.74, 6) is -0.0467. The molecule has 1 N–H and O–H groups in total. The van der Waals surface area contributed by atoms with Crippen molar-refractivity contribution in [1.82, 2.24) is 0 Å². The first-order valence-electron chi connectivity index (χ1n) is 6.17. The summed E-state index contributed by atoms with van der Waals surface area (Å²) in [5.41, 5.74) is 3.29. The summed E-state index contributed by atoms with van der Waals surface area (Å²) in [6, 6.07) is 14.4. The van der Waals surface area contributed by atoms with Gasteiger partial charge in [0.05, 0.1) is 5.69 Å². The Bertz CT molecular complexity index is 590. The zero-order chi connectivity index (χ0) is 13.8. The standard InChI is InChI=1S/C16H17NOS/c1-11-4-7-14(8-5-11)19-16-10-12(2)6-9-15(16)17-13(3)18/h4-10H,1-3H3,(H,17,18). The van der Waals surface area contributed by atoms with E-state index in [4.69, 9.17) is 0 Å². The van der Waals surface area contributed by atoms with Crippen molar-refractivity contribution in [3.63, 3.8) is 0 Å². The molecule has 2 aromatic carbocycles. The van der Waals surface area contributed by atoms with Gasteiger partial charge < -0.3 is 5.32 Å². The Hall–Kier alpha value is -1.74. The van der Waals surface area contributed by atoms with Gasteiger partial charge in [-0.2, -0.15) is 0 Å². The lowest BCUT2D eigenvalue weighted by molar-refractivity contribution is -0.114. The SMILES string of the molecule is CC(=O)Nc1ccc(C)cc1Sc1ccc(C)cc1. The molecule has 0 unspecified atom stereocenters. The van der Waals surface area contributed by atoms with E-state index in [-0.39, 0.29) is 5.91 Å². The van der Waals surface area contributed by atoms with Crippen LogP contribution < -0.4 is 5.32 Å². The van der Waals surface area contributed by atoms with Crippen LogP contribution >= 0.6 is 11.8 Å². The van der Waals surface area contributed by atoms with Gasteiger partial charge in [-0.25, -0.2) is 0 Å². The second-order valence-electron chi connectivity index (χ2n) is 4.60. The van der Waals surface area contributed by atoms with Crippen molar-refractivity contribution >= 4 is 23.4 Å². The van der Waals surface area contributed by atoms with Crippen LogP contribution in [0.15, 0.2) is 52.3 Å². The summed E-state index contributed by atoms with van der Waals surface area (Å²) in [7, 11) is 0. The largest absolute Gasteiger partial charge is 0.325 e. The van der Waals surface area contributed by atoms with Crippen LogP contribution in [0.2, 0.25) is 0 Å². The third kappa shape index (κ3) is 3.86. The van der Waals surface area contributed by atoms with Gasteiger partial charge in [-0.3, -0.25) is 4.79 Å². The Balaban J connectivity index is 2.29. The minimum atomic E-state index is -0.0467. The number of anilines is 1. The van der Waals surface area contributed by atoms with E-state index >= 15 is 0 Å². The predicted octanol–water partition coefficient (Wildman–Crippen LogP) is 4.41. The molecule has 0 spiro atoms. The van der Waals surface area contributed by atoms with Gasteiger partial charge in [0.2, 0.25) is 5.91 Å². The van der Waals surface area contributed by atoms with Crippen molar-refractivity contribution in [1.29, 1.82) is 0 Å². The van der Waals surface area contributed by atoms with Crippen LogP contribution in [0.1, 0.15) is 18.1 Å². The van der Waals surface area contributed by atoms with Crippen molar-refractivity contribution in [3.05, 3.63) is 53.6 Å². The molecule has 0 saturated heterocycles. The molecular formula is C16H17NOS. The van der Waals surface area contributed by atoms with E-state index in [1.165, 1.54) is 22.9 Å². The second-order valence-corrected chi connectivity index (χ2v) is 5.71. The highest BCUT2D eigenvalue weighted by Gasteiger charge is 2.06. The Morgan fingerprint density at radius 1 is 1.00 bits per heavy atom. The van der Waals surface area contributed by atoms with E-state index in [1.54, 1.807) is 11.8 Å². The molecule has 0 fully saturated rings. The van der Waals surface area contributed by atoms with Gasteiger partial charge in [0, 0.05) is 16.7 Å². The van der Waals surface area contributed by atoms with Crippen molar-refractivity contribution in [2.24, 2.45) is 0 Å². The van der Waals surface area contributed by atoms with Crippen LogP contribution in [0, 0.1) is 13.8 Å². The molecule has 2 aromatic rings. The van der Waals surface area contributed by atoms with Crippen molar-refractivity contribution in [2.45, 2.75) is 30.6 Å². The molecule has 19 heavy (non-hydrogen) atoms. The molecule has 2 nitrogen and oxygen atoms in total. The first kappa shape index (κ1) is 13.7. The van der Waals surface area contributed by atoms with Gasteiger partial charge in [-0.05, 0) is 43.7 Å².